The van der Waals surface area contributed by atoms with Gasteiger partial charge in [-0.05, 0) is 18.2 Å². The summed E-state index contributed by atoms with van der Waals surface area (Å²) in [6, 6.07) is 1.06. The summed E-state index contributed by atoms with van der Waals surface area (Å²) in [5.41, 5.74) is 0. The van der Waals surface area contributed by atoms with Crippen LogP contribution < -0.4 is 5.14 Å². The largest absolute Gasteiger partial charge is 0.537 e. The molecular weight excluding hydrogens is 318 g/mol. The molecule has 108 valence electrons. The summed E-state index contributed by atoms with van der Waals surface area (Å²) in [4.78, 5) is -2.46. The minimum absolute atomic E-state index is 0.131. The lowest BCUT2D eigenvalue weighted by molar-refractivity contribution is -0.272. The normalized spacial score (nSPS) is 13.5. The molecule has 0 aromatic heterocycles. The molecule has 2 N–H and O–H groups in total. The number of hydrogen-bond donors (Lipinski definition) is 1. The van der Waals surface area contributed by atoms with Crippen LogP contribution in [0.4, 0.5) is 17.6 Å². The van der Waals surface area contributed by atoms with Crippen LogP contribution >= 0.6 is 0 Å². The van der Waals surface area contributed by atoms with Crippen LogP contribution in [0.5, 0.6) is 0 Å². The van der Waals surface area contributed by atoms with E-state index in [0.29, 0.717) is 12.1 Å². The van der Waals surface area contributed by atoms with Crippen molar-refractivity contribution in [2.24, 2.45) is 5.14 Å². The number of halogens is 4. The maximum Gasteiger partial charge on any atom is 0.537 e. The molecule has 0 unspecified atom stereocenters. The Morgan fingerprint density at radius 1 is 1.11 bits per heavy atom. The molecule has 0 bridgehead atoms. The highest BCUT2D eigenvalue weighted by Gasteiger charge is 2.39. The molecule has 0 fully saturated rings. The van der Waals surface area contributed by atoms with Crippen LogP contribution in [0.15, 0.2) is 28.0 Å². The second kappa shape index (κ2) is 4.70. The third-order valence-electron chi connectivity index (χ3n) is 1.70. The molecule has 6 nitrogen and oxygen atoms in total. The summed E-state index contributed by atoms with van der Waals surface area (Å²) in [6.45, 7) is 0. The fourth-order valence-electron chi connectivity index (χ4n) is 1.02. The molecule has 12 heteroatoms. The van der Waals surface area contributed by atoms with Gasteiger partial charge in [-0.15, -0.1) is 13.2 Å². The Balaban J connectivity index is 3.43. The minimum atomic E-state index is -5.58. The number of hydrogen-bond acceptors (Lipinski definition) is 5. The number of rotatable bonds is 3. The van der Waals surface area contributed by atoms with E-state index in [1.165, 1.54) is 0 Å². The van der Waals surface area contributed by atoms with Gasteiger partial charge in [0.05, 0.1) is 4.90 Å². The molecule has 1 aromatic carbocycles. The van der Waals surface area contributed by atoms with Crippen molar-refractivity contribution in [2.75, 3.05) is 0 Å². The number of alkyl halides is 3. The van der Waals surface area contributed by atoms with Gasteiger partial charge in [0, 0.05) is 0 Å². The molecule has 1 rings (SSSR count). The molecular formula is C7H5F4NO5S2. The van der Waals surface area contributed by atoms with Crippen LogP contribution in [0.25, 0.3) is 0 Å². The van der Waals surface area contributed by atoms with E-state index in [1.54, 1.807) is 0 Å². The van der Waals surface area contributed by atoms with Crippen LogP contribution in [-0.2, 0) is 24.3 Å². The number of sulfonamides is 1. The highest BCUT2D eigenvalue weighted by molar-refractivity contribution is 7.89. The van der Waals surface area contributed by atoms with Gasteiger partial charge in [0.1, 0.15) is 10.7 Å². The van der Waals surface area contributed by atoms with E-state index < -0.39 is 42.1 Å². The zero-order chi connectivity index (χ0) is 15.1. The van der Waals surface area contributed by atoms with Crippen LogP contribution in [0, 0.1) is 5.82 Å². The Kier molecular flexibility index (Phi) is 3.91. The maximum atomic E-state index is 13.2. The summed E-state index contributed by atoms with van der Waals surface area (Å²) in [6.07, 6.45) is -5.58. The van der Waals surface area contributed by atoms with Crippen LogP contribution in [0.1, 0.15) is 0 Å². The Morgan fingerprint density at radius 2 is 1.63 bits per heavy atom. The molecule has 0 aliphatic rings. The molecule has 0 radical (unpaired) electrons. The molecule has 19 heavy (non-hydrogen) atoms. The lowest BCUT2D eigenvalue weighted by atomic mass is 10.3. The first-order valence-corrected chi connectivity index (χ1v) is 7.13. The summed E-state index contributed by atoms with van der Waals surface area (Å²) in [7, 11) is -9.97. The second-order valence-corrected chi connectivity index (χ2v) is 6.20. The van der Waals surface area contributed by atoms with E-state index in [4.69, 9.17) is 0 Å². The minimum Gasteiger partial charge on any atom is -0.225 e. The number of primary sulfonamides is 1. The third-order valence-corrected chi connectivity index (χ3v) is 3.88. The van der Waals surface area contributed by atoms with Crippen molar-refractivity contribution in [1.82, 2.24) is 0 Å². The zero-order valence-electron chi connectivity index (χ0n) is 8.68. The molecule has 0 saturated carbocycles. The highest BCUT2D eigenvalue weighted by Crippen LogP contribution is 2.27. The first-order valence-electron chi connectivity index (χ1n) is 4.18. The second-order valence-electron chi connectivity index (χ2n) is 3.12. The standard InChI is InChI=1S/C7H5F4NO5S2/c8-5-2-1-4(18(12,13)14)3-6(5)19(15,16)17-7(9,10)11/h1-3H,(H2,12,13,14). The van der Waals surface area contributed by atoms with Gasteiger partial charge < -0.3 is 0 Å². The van der Waals surface area contributed by atoms with E-state index in [1.807, 2.05) is 0 Å². The van der Waals surface area contributed by atoms with Crippen molar-refractivity contribution < 1.29 is 38.6 Å². The smallest absolute Gasteiger partial charge is 0.225 e. The van der Waals surface area contributed by atoms with Gasteiger partial charge in [-0.1, -0.05) is 0 Å². The van der Waals surface area contributed by atoms with Gasteiger partial charge in [-0.2, -0.15) is 12.6 Å². The van der Waals surface area contributed by atoms with Crippen molar-refractivity contribution in [1.29, 1.82) is 0 Å². The predicted molar refractivity (Wildman–Crippen MR) is 52.1 cm³/mol. The SMILES string of the molecule is NS(=O)(=O)c1ccc(F)c(S(=O)(=O)OC(F)(F)F)c1. The lowest BCUT2D eigenvalue weighted by Crippen LogP contribution is -2.21. The average molecular weight is 323 g/mol. The van der Waals surface area contributed by atoms with Crippen molar-refractivity contribution in [2.45, 2.75) is 16.2 Å². The Bertz CT molecular complexity index is 695. The van der Waals surface area contributed by atoms with E-state index in [2.05, 4.69) is 9.32 Å². The van der Waals surface area contributed by atoms with Gasteiger partial charge in [-0.3, -0.25) is 0 Å². The van der Waals surface area contributed by atoms with Crippen molar-refractivity contribution >= 4 is 20.1 Å². The number of benzene rings is 1. The van der Waals surface area contributed by atoms with Gasteiger partial charge in [-0.25, -0.2) is 17.9 Å². The molecule has 0 aliphatic heterocycles. The molecule has 0 saturated heterocycles. The molecule has 0 amide bonds. The molecule has 1 aromatic rings. The van der Waals surface area contributed by atoms with E-state index in [0.717, 1.165) is 0 Å². The third kappa shape index (κ3) is 4.12. The van der Waals surface area contributed by atoms with E-state index >= 15 is 0 Å². The average Bonchev–Trinajstić information content (AvgIpc) is 2.11. The summed E-state index contributed by atoms with van der Waals surface area (Å²) < 4.78 is 95.5. The zero-order valence-corrected chi connectivity index (χ0v) is 10.3. The number of nitrogens with two attached hydrogens (primary N) is 1. The van der Waals surface area contributed by atoms with Gasteiger partial charge in [0.25, 0.3) is 0 Å². The Hall–Kier alpha value is -1.24. The topological polar surface area (TPSA) is 104 Å². The fourth-order valence-corrected chi connectivity index (χ4v) is 2.55. The van der Waals surface area contributed by atoms with E-state index in [9.17, 15) is 34.4 Å². The first kappa shape index (κ1) is 15.8. The molecule has 0 atom stereocenters. The van der Waals surface area contributed by atoms with E-state index in [-0.39, 0.29) is 6.07 Å². The molecule has 0 heterocycles. The van der Waals surface area contributed by atoms with Crippen molar-refractivity contribution in [3.8, 4) is 0 Å². The monoisotopic (exact) mass is 323 g/mol. The molecule has 0 aliphatic carbocycles. The van der Waals surface area contributed by atoms with Crippen LogP contribution in [0.2, 0.25) is 0 Å². The summed E-state index contributed by atoms with van der Waals surface area (Å²) in [5.74, 6) is -1.61. The van der Waals surface area contributed by atoms with Crippen molar-refractivity contribution in [3.63, 3.8) is 0 Å². The summed E-state index contributed by atoms with van der Waals surface area (Å²) >= 11 is 0. The summed E-state index contributed by atoms with van der Waals surface area (Å²) in [5, 5.41) is 4.64. The quantitative estimate of drug-likeness (QED) is 0.651. The Labute approximate surface area is 105 Å². The lowest BCUT2D eigenvalue weighted by Gasteiger charge is -2.09. The van der Waals surface area contributed by atoms with Crippen LogP contribution in [0.3, 0.4) is 0 Å². The highest BCUT2D eigenvalue weighted by atomic mass is 32.2. The maximum absolute atomic E-state index is 13.2. The first-order chi connectivity index (χ1) is 8.33. The van der Waals surface area contributed by atoms with Gasteiger partial charge in [0.15, 0.2) is 0 Å². The van der Waals surface area contributed by atoms with Crippen LogP contribution in [-0.4, -0.2) is 23.2 Å². The fraction of sp³-hybridized carbons (Fsp3) is 0.143. The van der Waals surface area contributed by atoms with Gasteiger partial charge in [0.2, 0.25) is 10.0 Å². The Morgan fingerprint density at radius 3 is 2.05 bits per heavy atom. The molecule has 0 spiro atoms. The van der Waals surface area contributed by atoms with Gasteiger partial charge >= 0.3 is 16.5 Å². The predicted octanol–water partition coefficient (Wildman–Crippen LogP) is 0.698. The van der Waals surface area contributed by atoms with Crippen molar-refractivity contribution in [3.05, 3.63) is 24.0 Å².